The molecule has 0 saturated carbocycles. The van der Waals surface area contributed by atoms with Crippen LogP contribution in [0, 0.1) is 0 Å². The third-order valence-corrected chi connectivity index (χ3v) is 10.8. The van der Waals surface area contributed by atoms with Gasteiger partial charge in [0.15, 0.2) is 0 Å². The van der Waals surface area contributed by atoms with Gasteiger partial charge in [0.2, 0.25) is 0 Å². The van der Waals surface area contributed by atoms with Gasteiger partial charge in [-0.3, -0.25) is 4.57 Å². The molecule has 0 aromatic carbocycles. The highest BCUT2D eigenvalue weighted by atomic mass is 28.4. The fraction of sp³-hybridized carbons (Fsp3) is 1.00. The van der Waals surface area contributed by atoms with Crippen LogP contribution >= 0.6 is 0 Å². The lowest BCUT2D eigenvalue weighted by molar-refractivity contribution is 0.135. The Morgan fingerprint density at radius 1 is 1.00 bits per heavy atom. The summed E-state index contributed by atoms with van der Waals surface area (Å²) in [4.78, 5) is 0. The third-order valence-electron chi connectivity index (χ3n) is 4.36. The van der Waals surface area contributed by atoms with Gasteiger partial charge >= 0.3 is 18.0 Å². The average molecular weight is 364 g/mol. The highest BCUT2D eigenvalue weighted by molar-refractivity contribution is 6.65. The normalized spacial score (nSPS) is 19.6. The quantitative estimate of drug-likeness (QED) is 0.470. The Balaban J connectivity index is 2.46. The molecule has 0 aromatic heterocycles. The Kier molecular flexibility index (Phi) is 10.9. The second-order valence-electron chi connectivity index (χ2n) is 6.07. The molecular weight excluding hydrogens is 326 g/mol. The summed E-state index contributed by atoms with van der Waals surface area (Å²) in [5, 5.41) is 0. The molecule has 0 N–H and O–H groups in total. The molecule has 0 aliphatic carbocycles. The molecule has 1 rings (SSSR count). The van der Waals surface area contributed by atoms with E-state index < -0.39 is 18.0 Å². The van der Waals surface area contributed by atoms with Crippen molar-refractivity contribution >= 4 is 18.0 Å². The van der Waals surface area contributed by atoms with E-state index in [0.717, 1.165) is 52.0 Å². The molecule has 1 unspecified atom stereocenters. The average Bonchev–Trinajstić information content (AvgIpc) is 2.90. The largest absolute Gasteiger partial charge is 0.427 e. The first-order valence-corrected chi connectivity index (χ1v) is 13.0. The van der Waals surface area contributed by atoms with Crippen molar-refractivity contribution in [3.8, 4) is 0 Å². The lowest BCUT2D eigenvalue weighted by atomic mass is 10.2. The fourth-order valence-corrected chi connectivity index (χ4v) is 8.85. The van der Waals surface area contributed by atoms with Crippen LogP contribution in [0.4, 0.5) is 0 Å². The Hall–Kier alpha value is 0.234. The lowest BCUT2D eigenvalue weighted by Crippen LogP contribution is -2.54. The molecule has 0 radical (unpaired) electrons. The van der Waals surface area contributed by atoms with Gasteiger partial charge in [-0.1, -0.05) is 6.92 Å². The second-order valence-corrected chi connectivity index (χ2v) is 11.7. The van der Waals surface area contributed by atoms with Gasteiger partial charge in [0, 0.05) is 32.5 Å². The van der Waals surface area contributed by atoms with Crippen molar-refractivity contribution in [3.63, 3.8) is 0 Å². The summed E-state index contributed by atoms with van der Waals surface area (Å²) in [5.74, 6) is 0. The summed E-state index contributed by atoms with van der Waals surface area (Å²) in [6.07, 6.45) is 3.53. The Morgan fingerprint density at radius 2 is 1.61 bits per heavy atom. The maximum Gasteiger partial charge on any atom is 0.427 e. The van der Waals surface area contributed by atoms with E-state index in [4.69, 9.17) is 17.7 Å². The molecule has 1 aliphatic rings. The van der Waals surface area contributed by atoms with Crippen molar-refractivity contribution in [1.82, 2.24) is 4.57 Å². The topological polar surface area (TPSA) is 40.2 Å². The lowest BCUT2D eigenvalue weighted by Gasteiger charge is -2.34. The van der Waals surface area contributed by atoms with Crippen molar-refractivity contribution in [2.75, 3.05) is 39.5 Å². The zero-order chi connectivity index (χ0) is 17.1. The van der Waals surface area contributed by atoms with Gasteiger partial charge in [-0.15, -0.1) is 0 Å². The Morgan fingerprint density at radius 3 is 2.13 bits per heavy atom. The number of rotatable bonds is 13. The molecule has 138 valence electrons. The first-order chi connectivity index (χ1) is 11.1. The van der Waals surface area contributed by atoms with Crippen LogP contribution in [-0.4, -0.2) is 62.1 Å². The van der Waals surface area contributed by atoms with Crippen LogP contribution in [-0.2, 0) is 17.7 Å². The van der Waals surface area contributed by atoms with E-state index in [2.05, 4.69) is 39.2 Å². The Labute approximate surface area is 145 Å². The molecule has 0 amide bonds. The maximum atomic E-state index is 6.13. The van der Waals surface area contributed by atoms with E-state index in [9.17, 15) is 0 Å². The number of nitrogens with zero attached hydrogens (tertiary/aromatic N) is 1. The minimum absolute atomic E-state index is 0.549. The zero-order valence-electron chi connectivity index (χ0n) is 15.8. The highest BCUT2D eigenvalue weighted by Crippen LogP contribution is 2.29. The monoisotopic (exact) mass is 363 g/mol. The van der Waals surface area contributed by atoms with Crippen molar-refractivity contribution < 1.29 is 17.7 Å². The second kappa shape index (κ2) is 11.7. The van der Waals surface area contributed by atoms with Crippen molar-refractivity contribution in [2.24, 2.45) is 0 Å². The van der Waals surface area contributed by atoms with Crippen LogP contribution in [0.3, 0.4) is 0 Å². The first kappa shape index (κ1) is 21.3. The predicted octanol–water partition coefficient (Wildman–Crippen LogP) is 3.17. The molecule has 1 heterocycles. The van der Waals surface area contributed by atoms with Gasteiger partial charge in [0.25, 0.3) is 0 Å². The molecule has 5 nitrogen and oxygen atoms in total. The predicted molar refractivity (Wildman–Crippen MR) is 99.1 cm³/mol. The van der Waals surface area contributed by atoms with Crippen LogP contribution in [0.1, 0.15) is 53.9 Å². The van der Waals surface area contributed by atoms with Crippen LogP contribution in [0.25, 0.3) is 0 Å². The molecule has 0 spiro atoms. The van der Waals surface area contributed by atoms with Gasteiger partial charge < -0.3 is 17.7 Å². The highest BCUT2D eigenvalue weighted by Gasteiger charge is 2.48. The SMILES string of the molecule is CCO[SiH](OCC)C(C)CCCN1CCC[Si]1(OCC)OCC. The van der Waals surface area contributed by atoms with Crippen LogP contribution in [0.5, 0.6) is 0 Å². The van der Waals surface area contributed by atoms with Crippen molar-refractivity contribution in [2.45, 2.75) is 65.5 Å². The summed E-state index contributed by atoms with van der Waals surface area (Å²) in [7, 11) is -3.63. The van der Waals surface area contributed by atoms with Gasteiger partial charge in [-0.05, 0) is 65.6 Å². The van der Waals surface area contributed by atoms with Crippen molar-refractivity contribution in [3.05, 3.63) is 0 Å². The summed E-state index contributed by atoms with van der Waals surface area (Å²) in [6, 6.07) is 1.11. The molecule has 1 saturated heterocycles. The standard InChI is InChI=1S/C16H37NO4Si2/c1-6-18-22(19-7-2)16(5)12-10-13-17-14-11-15-23(17,20-8-3)21-9-4/h16,22H,6-15H2,1-5H3. The number of hydrogen-bond acceptors (Lipinski definition) is 5. The van der Waals surface area contributed by atoms with E-state index in [1.807, 2.05) is 0 Å². The molecular formula is C16H37NO4Si2. The van der Waals surface area contributed by atoms with Gasteiger partial charge in [-0.2, -0.15) is 0 Å². The van der Waals surface area contributed by atoms with E-state index in [1.54, 1.807) is 0 Å². The molecule has 0 bridgehead atoms. The van der Waals surface area contributed by atoms with Crippen LogP contribution in [0.15, 0.2) is 0 Å². The zero-order valence-corrected chi connectivity index (χ0v) is 18.0. The van der Waals surface area contributed by atoms with E-state index in [-0.39, 0.29) is 0 Å². The minimum Gasteiger partial charge on any atom is -0.397 e. The molecule has 23 heavy (non-hydrogen) atoms. The molecule has 0 aromatic rings. The third kappa shape index (κ3) is 6.57. The van der Waals surface area contributed by atoms with Gasteiger partial charge in [-0.25, -0.2) is 0 Å². The molecule has 7 heteroatoms. The minimum atomic E-state index is -2.11. The van der Waals surface area contributed by atoms with Gasteiger partial charge in [0.1, 0.15) is 0 Å². The Bertz CT molecular complexity index is 298. The summed E-state index contributed by atoms with van der Waals surface area (Å²) < 4.78 is 26.5. The van der Waals surface area contributed by atoms with E-state index in [1.165, 1.54) is 12.8 Å². The van der Waals surface area contributed by atoms with E-state index in [0.29, 0.717) is 5.54 Å². The van der Waals surface area contributed by atoms with E-state index >= 15 is 0 Å². The summed E-state index contributed by atoms with van der Waals surface area (Å²) in [6.45, 7) is 15.8. The maximum absolute atomic E-state index is 6.13. The molecule has 1 atom stereocenters. The summed E-state index contributed by atoms with van der Waals surface area (Å²) >= 11 is 0. The smallest absolute Gasteiger partial charge is 0.397 e. The van der Waals surface area contributed by atoms with Crippen molar-refractivity contribution in [1.29, 1.82) is 0 Å². The van der Waals surface area contributed by atoms with Gasteiger partial charge in [0.05, 0.1) is 0 Å². The first-order valence-electron chi connectivity index (χ1n) is 9.39. The van der Waals surface area contributed by atoms with Crippen LogP contribution in [0.2, 0.25) is 11.6 Å². The molecule has 1 fully saturated rings. The molecule has 1 aliphatic heterocycles. The van der Waals surface area contributed by atoms with Crippen LogP contribution < -0.4 is 0 Å². The summed E-state index contributed by atoms with van der Waals surface area (Å²) in [5.41, 5.74) is 0.549. The number of hydrogen-bond donors (Lipinski definition) is 0. The fourth-order valence-electron chi connectivity index (χ4n) is 3.37.